The molecule has 7 heteroatoms. The zero-order chi connectivity index (χ0) is 14.6. The summed E-state index contributed by atoms with van der Waals surface area (Å²) in [7, 11) is 0. The van der Waals surface area contributed by atoms with Gasteiger partial charge in [0.2, 0.25) is 11.8 Å². The quantitative estimate of drug-likeness (QED) is 0.758. The topological polar surface area (TPSA) is 95.5 Å². The number of anilines is 1. The largest absolute Gasteiger partial charge is 0.478 e. The first-order valence-corrected chi connectivity index (χ1v) is 5.42. The second kappa shape index (κ2) is 5.94. The van der Waals surface area contributed by atoms with Crippen molar-refractivity contribution in [1.82, 2.24) is 5.32 Å². The lowest BCUT2D eigenvalue weighted by molar-refractivity contribution is -0.124. The van der Waals surface area contributed by atoms with Crippen molar-refractivity contribution in [3.8, 4) is 0 Å². The van der Waals surface area contributed by atoms with Crippen LogP contribution in [0.2, 0.25) is 0 Å². The Morgan fingerprint density at radius 1 is 1.32 bits per heavy atom. The molecule has 6 nitrogen and oxygen atoms in total. The van der Waals surface area contributed by atoms with E-state index in [0.29, 0.717) is 0 Å². The molecule has 0 aliphatic carbocycles. The monoisotopic (exact) mass is 268 g/mol. The minimum absolute atomic E-state index is 0.140. The zero-order valence-electron chi connectivity index (χ0n) is 10.4. The van der Waals surface area contributed by atoms with Crippen LogP contribution in [0.1, 0.15) is 24.2 Å². The summed E-state index contributed by atoms with van der Waals surface area (Å²) in [6.07, 6.45) is 0. The number of hydrogen-bond donors (Lipinski definition) is 3. The first kappa shape index (κ1) is 14.6. The number of carbonyl (C=O) groups is 3. The predicted octanol–water partition coefficient (Wildman–Crippen LogP) is 0.987. The van der Waals surface area contributed by atoms with E-state index in [0.717, 1.165) is 12.1 Å². The maximum atomic E-state index is 13.1. The van der Waals surface area contributed by atoms with Crippen molar-refractivity contribution < 1.29 is 23.9 Å². The number of aromatic carboxylic acids is 1. The Bertz CT molecular complexity index is 530. The van der Waals surface area contributed by atoms with Crippen molar-refractivity contribution in [1.29, 1.82) is 0 Å². The Hall–Kier alpha value is -2.44. The van der Waals surface area contributed by atoms with Crippen molar-refractivity contribution in [2.24, 2.45) is 0 Å². The molecule has 1 rings (SSSR count). The highest BCUT2D eigenvalue weighted by atomic mass is 19.1. The molecule has 0 bridgehead atoms. The Kier molecular flexibility index (Phi) is 4.57. The summed E-state index contributed by atoms with van der Waals surface area (Å²) < 4.78 is 13.1. The van der Waals surface area contributed by atoms with Gasteiger partial charge in [-0.2, -0.15) is 0 Å². The molecule has 0 aliphatic heterocycles. The molecule has 0 radical (unpaired) electrons. The highest BCUT2D eigenvalue weighted by molar-refractivity contribution is 5.98. The van der Waals surface area contributed by atoms with Gasteiger partial charge in [0.1, 0.15) is 11.9 Å². The number of rotatable bonds is 4. The molecule has 19 heavy (non-hydrogen) atoms. The molecular weight excluding hydrogens is 255 g/mol. The van der Waals surface area contributed by atoms with Gasteiger partial charge in [0.05, 0.1) is 5.56 Å². The van der Waals surface area contributed by atoms with Gasteiger partial charge < -0.3 is 15.7 Å². The maximum absolute atomic E-state index is 13.1. The van der Waals surface area contributed by atoms with Gasteiger partial charge in [-0.1, -0.05) is 0 Å². The molecule has 1 aromatic carbocycles. The molecule has 0 heterocycles. The van der Waals surface area contributed by atoms with Crippen LogP contribution in [0, 0.1) is 5.82 Å². The number of amides is 2. The molecule has 2 amide bonds. The third-order valence-electron chi connectivity index (χ3n) is 2.28. The van der Waals surface area contributed by atoms with Crippen LogP contribution in [0.4, 0.5) is 10.1 Å². The normalized spacial score (nSPS) is 11.5. The molecule has 1 aromatic rings. The number of benzene rings is 1. The van der Waals surface area contributed by atoms with E-state index in [4.69, 9.17) is 5.11 Å². The van der Waals surface area contributed by atoms with Gasteiger partial charge in [-0.3, -0.25) is 9.59 Å². The average Bonchev–Trinajstić information content (AvgIpc) is 2.30. The van der Waals surface area contributed by atoms with E-state index >= 15 is 0 Å². The molecular formula is C12H13FN2O4. The number of carboxylic acids is 1. The van der Waals surface area contributed by atoms with E-state index in [2.05, 4.69) is 10.6 Å². The average molecular weight is 268 g/mol. The lowest BCUT2D eigenvalue weighted by Gasteiger charge is -2.13. The van der Waals surface area contributed by atoms with Crippen molar-refractivity contribution in [3.05, 3.63) is 29.6 Å². The van der Waals surface area contributed by atoms with Crippen LogP contribution >= 0.6 is 0 Å². The molecule has 0 saturated heterocycles. The summed E-state index contributed by atoms with van der Waals surface area (Å²) in [4.78, 5) is 33.2. The molecule has 0 saturated carbocycles. The second-order valence-corrected chi connectivity index (χ2v) is 3.91. The fourth-order valence-corrected chi connectivity index (χ4v) is 1.39. The standard InChI is InChI=1S/C12H13FN2O4/c1-6(14-7(2)16)11(17)15-8-3-4-10(13)9(5-8)12(18)19/h3-6H,1-2H3,(H,14,16)(H,15,17)(H,18,19). The summed E-state index contributed by atoms with van der Waals surface area (Å²) in [5.41, 5.74) is -0.397. The predicted molar refractivity (Wildman–Crippen MR) is 65.3 cm³/mol. The number of nitrogens with one attached hydrogen (secondary N) is 2. The van der Waals surface area contributed by atoms with E-state index < -0.39 is 29.3 Å². The fraction of sp³-hybridized carbons (Fsp3) is 0.250. The lowest BCUT2D eigenvalue weighted by atomic mass is 10.2. The molecule has 0 fully saturated rings. The number of halogens is 1. The van der Waals surface area contributed by atoms with Crippen LogP contribution < -0.4 is 10.6 Å². The summed E-state index contributed by atoms with van der Waals surface area (Å²) in [5.74, 6) is -3.21. The minimum atomic E-state index is -1.43. The van der Waals surface area contributed by atoms with Crippen molar-refractivity contribution in [2.75, 3.05) is 5.32 Å². The molecule has 0 spiro atoms. The van der Waals surface area contributed by atoms with E-state index in [-0.39, 0.29) is 11.6 Å². The first-order chi connectivity index (χ1) is 8.81. The van der Waals surface area contributed by atoms with Gasteiger partial charge in [-0.15, -0.1) is 0 Å². The molecule has 0 aliphatic rings. The highest BCUT2D eigenvalue weighted by Crippen LogP contribution is 2.15. The highest BCUT2D eigenvalue weighted by Gasteiger charge is 2.16. The first-order valence-electron chi connectivity index (χ1n) is 5.42. The van der Waals surface area contributed by atoms with Crippen LogP contribution in [-0.4, -0.2) is 28.9 Å². The van der Waals surface area contributed by atoms with Crippen LogP contribution in [-0.2, 0) is 9.59 Å². The second-order valence-electron chi connectivity index (χ2n) is 3.91. The molecule has 1 unspecified atom stereocenters. The minimum Gasteiger partial charge on any atom is -0.478 e. The van der Waals surface area contributed by atoms with Gasteiger partial charge in [0, 0.05) is 12.6 Å². The summed E-state index contributed by atoms with van der Waals surface area (Å²) in [6, 6.07) is 2.41. The Labute approximate surface area is 108 Å². The SMILES string of the molecule is CC(=O)NC(C)C(=O)Nc1ccc(F)c(C(=O)O)c1. The fourth-order valence-electron chi connectivity index (χ4n) is 1.39. The van der Waals surface area contributed by atoms with Crippen LogP contribution in [0.5, 0.6) is 0 Å². The van der Waals surface area contributed by atoms with E-state index in [1.54, 1.807) is 0 Å². The van der Waals surface area contributed by atoms with Gasteiger partial charge in [-0.25, -0.2) is 9.18 Å². The molecule has 0 aromatic heterocycles. The number of hydrogen-bond acceptors (Lipinski definition) is 3. The van der Waals surface area contributed by atoms with E-state index in [9.17, 15) is 18.8 Å². The third kappa shape index (κ3) is 4.06. The van der Waals surface area contributed by atoms with Crippen LogP contribution in [0.15, 0.2) is 18.2 Å². The Morgan fingerprint density at radius 3 is 2.47 bits per heavy atom. The summed E-state index contributed by atoms with van der Waals surface area (Å²) in [5, 5.41) is 13.5. The van der Waals surface area contributed by atoms with E-state index in [1.807, 2.05) is 0 Å². The van der Waals surface area contributed by atoms with Crippen molar-refractivity contribution >= 4 is 23.5 Å². The lowest BCUT2D eigenvalue weighted by Crippen LogP contribution is -2.40. The molecule has 1 atom stereocenters. The Balaban J connectivity index is 2.83. The van der Waals surface area contributed by atoms with Crippen molar-refractivity contribution in [3.63, 3.8) is 0 Å². The zero-order valence-corrected chi connectivity index (χ0v) is 10.4. The third-order valence-corrected chi connectivity index (χ3v) is 2.28. The summed E-state index contributed by atoms with van der Waals surface area (Å²) >= 11 is 0. The summed E-state index contributed by atoms with van der Waals surface area (Å²) in [6.45, 7) is 2.74. The van der Waals surface area contributed by atoms with Gasteiger partial charge in [0.25, 0.3) is 0 Å². The van der Waals surface area contributed by atoms with Crippen LogP contribution in [0.3, 0.4) is 0 Å². The van der Waals surface area contributed by atoms with Gasteiger partial charge in [-0.05, 0) is 25.1 Å². The number of carbonyl (C=O) groups excluding carboxylic acids is 2. The van der Waals surface area contributed by atoms with Gasteiger partial charge in [0.15, 0.2) is 0 Å². The van der Waals surface area contributed by atoms with Crippen LogP contribution in [0.25, 0.3) is 0 Å². The maximum Gasteiger partial charge on any atom is 0.338 e. The van der Waals surface area contributed by atoms with Crippen molar-refractivity contribution in [2.45, 2.75) is 19.9 Å². The van der Waals surface area contributed by atoms with E-state index in [1.165, 1.54) is 19.9 Å². The van der Waals surface area contributed by atoms with Gasteiger partial charge >= 0.3 is 5.97 Å². The smallest absolute Gasteiger partial charge is 0.338 e. The molecule has 3 N–H and O–H groups in total. The Morgan fingerprint density at radius 2 is 1.95 bits per heavy atom. The number of carboxylic acid groups (broad SMARTS) is 1. The molecule has 102 valence electrons.